The lowest BCUT2D eigenvalue weighted by atomic mass is 10.1. The standard InChI is InChI=1S/C15H19Br2N3O/c1-4-20-13(14(17)10(3)19-20)8-21-15-9(2)5-12(16)6-11(15)7-18/h5-6H,4,7-8,18H2,1-3H3. The van der Waals surface area contributed by atoms with Crippen LogP contribution < -0.4 is 10.5 Å². The van der Waals surface area contributed by atoms with E-state index in [1.807, 2.05) is 30.7 Å². The highest BCUT2D eigenvalue weighted by molar-refractivity contribution is 9.10. The number of nitrogens with two attached hydrogens (primary N) is 1. The van der Waals surface area contributed by atoms with E-state index in [-0.39, 0.29) is 0 Å². The zero-order valence-corrected chi connectivity index (χ0v) is 15.6. The van der Waals surface area contributed by atoms with Gasteiger partial charge in [-0.25, -0.2) is 0 Å². The summed E-state index contributed by atoms with van der Waals surface area (Å²) in [5.74, 6) is 0.856. The summed E-state index contributed by atoms with van der Waals surface area (Å²) in [5, 5.41) is 4.48. The van der Waals surface area contributed by atoms with Crippen molar-refractivity contribution in [3.63, 3.8) is 0 Å². The molecule has 0 spiro atoms. The maximum absolute atomic E-state index is 6.04. The summed E-state index contributed by atoms with van der Waals surface area (Å²) in [7, 11) is 0. The average molecular weight is 417 g/mol. The van der Waals surface area contributed by atoms with E-state index in [2.05, 4.69) is 43.9 Å². The summed E-state index contributed by atoms with van der Waals surface area (Å²) in [5.41, 5.74) is 9.90. The molecule has 1 aromatic carbocycles. The summed E-state index contributed by atoms with van der Waals surface area (Å²) in [6, 6.07) is 4.03. The van der Waals surface area contributed by atoms with Crippen molar-refractivity contribution in [3.05, 3.63) is 43.6 Å². The zero-order valence-electron chi connectivity index (χ0n) is 12.4. The molecule has 0 fully saturated rings. The smallest absolute Gasteiger partial charge is 0.131 e. The van der Waals surface area contributed by atoms with Crippen molar-refractivity contribution in [2.45, 2.75) is 40.5 Å². The second-order valence-corrected chi connectivity index (χ2v) is 6.57. The van der Waals surface area contributed by atoms with E-state index in [1.165, 1.54) is 0 Å². The molecular weight excluding hydrogens is 398 g/mol. The normalized spacial score (nSPS) is 11.0. The molecule has 0 radical (unpaired) electrons. The molecule has 0 saturated heterocycles. The number of hydrogen-bond donors (Lipinski definition) is 1. The number of halogens is 2. The summed E-state index contributed by atoms with van der Waals surface area (Å²) in [4.78, 5) is 0. The predicted octanol–water partition coefficient (Wildman–Crippen LogP) is 4.08. The fourth-order valence-corrected chi connectivity index (χ4v) is 3.32. The largest absolute Gasteiger partial charge is 0.487 e. The lowest BCUT2D eigenvalue weighted by molar-refractivity contribution is 0.287. The van der Waals surface area contributed by atoms with Gasteiger partial charge in [0.25, 0.3) is 0 Å². The van der Waals surface area contributed by atoms with Crippen LogP contribution in [0.5, 0.6) is 5.75 Å². The van der Waals surface area contributed by atoms with Crippen LogP contribution in [0, 0.1) is 13.8 Å². The van der Waals surface area contributed by atoms with Crippen LogP contribution in [0.2, 0.25) is 0 Å². The van der Waals surface area contributed by atoms with Gasteiger partial charge in [-0.05, 0) is 54.4 Å². The molecule has 1 heterocycles. The van der Waals surface area contributed by atoms with Crippen LogP contribution in [0.25, 0.3) is 0 Å². The Hall–Kier alpha value is -0.850. The molecule has 0 saturated carbocycles. The molecule has 0 unspecified atom stereocenters. The van der Waals surface area contributed by atoms with E-state index < -0.39 is 0 Å². The van der Waals surface area contributed by atoms with Crippen molar-refractivity contribution < 1.29 is 4.74 Å². The van der Waals surface area contributed by atoms with Gasteiger partial charge in [0.15, 0.2) is 0 Å². The van der Waals surface area contributed by atoms with Crippen molar-refractivity contribution in [2.75, 3.05) is 0 Å². The third-order valence-electron chi connectivity index (χ3n) is 3.34. The zero-order chi connectivity index (χ0) is 15.6. The van der Waals surface area contributed by atoms with Gasteiger partial charge >= 0.3 is 0 Å². The fraction of sp³-hybridized carbons (Fsp3) is 0.400. The first-order valence-corrected chi connectivity index (χ1v) is 8.40. The SMILES string of the molecule is CCn1nc(C)c(Br)c1COc1c(C)cc(Br)cc1CN. The van der Waals surface area contributed by atoms with E-state index in [4.69, 9.17) is 10.5 Å². The molecule has 4 nitrogen and oxygen atoms in total. The van der Waals surface area contributed by atoms with E-state index >= 15 is 0 Å². The first-order valence-electron chi connectivity index (χ1n) is 6.81. The Morgan fingerprint density at radius 2 is 2.00 bits per heavy atom. The van der Waals surface area contributed by atoms with Gasteiger partial charge in [0.05, 0.1) is 15.9 Å². The quantitative estimate of drug-likeness (QED) is 0.798. The number of hydrogen-bond acceptors (Lipinski definition) is 3. The van der Waals surface area contributed by atoms with Crippen LogP contribution in [-0.2, 0) is 19.7 Å². The van der Waals surface area contributed by atoms with Gasteiger partial charge in [0.1, 0.15) is 12.4 Å². The maximum Gasteiger partial charge on any atom is 0.131 e. The molecule has 0 aliphatic rings. The van der Waals surface area contributed by atoms with Gasteiger partial charge < -0.3 is 10.5 Å². The Morgan fingerprint density at radius 3 is 2.62 bits per heavy atom. The van der Waals surface area contributed by atoms with E-state index in [1.54, 1.807) is 0 Å². The summed E-state index contributed by atoms with van der Waals surface area (Å²) >= 11 is 7.07. The lowest BCUT2D eigenvalue weighted by Crippen LogP contribution is -2.09. The van der Waals surface area contributed by atoms with Gasteiger partial charge in [0, 0.05) is 23.1 Å². The highest BCUT2D eigenvalue weighted by Crippen LogP contribution is 2.30. The van der Waals surface area contributed by atoms with Crippen molar-refractivity contribution in [3.8, 4) is 5.75 Å². The first-order chi connectivity index (χ1) is 9.97. The highest BCUT2D eigenvalue weighted by atomic mass is 79.9. The monoisotopic (exact) mass is 415 g/mol. The molecule has 0 aliphatic carbocycles. The maximum atomic E-state index is 6.04. The number of aromatic nitrogens is 2. The molecule has 6 heteroatoms. The van der Waals surface area contributed by atoms with Crippen molar-refractivity contribution in [2.24, 2.45) is 5.73 Å². The second-order valence-electron chi connectivity index (χ2n) is 4.87. The number of ether oxygens (including phenoxy) is 1. The second kappa shape index (κ2) is 6.94. The molecular formula is C15H19Br2N3O. The van der Waals surface area contributed by atoms with Gasteiger partial charge in [0.2, 0.25) is 0 Å². The van der Waals surface area contributed by atoms with Crippen LogP contribution in [0.4, 0.5) is 0 Å². The average Bonchev–Trinajstić information content (AvgIpc) is 2.72. The van der Waals surface area contributed by atoms with Crippen LogP contribution in [0.3, 0.4) is 0 Å². The van der Waals surface area contributed by atoms with Gasteiger partial charge in [-0.1, -0.05) is 15.9 Å². The van der Waals surface area contributed by atoms with Crippen LogP contribution in [0.1, 0.15) is 29.4 Å². The molecule has 1 aromatic heterocycles. The minimum absolute atomic E-state index is 0.447. The van der Waals surface area contributed by atoms with Gasteiger partial charge in [-0.3, -0.25) is 4.68 Å². The third-order valence-corrected chi connectivity index (χ3v) is 4.83. The number of nitrogens with zero attached hydrogens (tertiary/aromatic N) is 2. The van der Waals surface area contributed by atoms with Crippen molar-refractivity contribution >= 4 is 31.9 Å². The Bertz CT molecular complexity index is 653. The Kier molecular flexibility index (Phi) is 5.46. The topological polar surface area (TPSA) is 53.1 Å². The summed E-state index contributed by atoms with van der Waals surface area (Å²) in [6.07, 6.45) is 0. The molecule has 2 rings (SSSR count). The fourth-order valence-electron chi connectivity index (χ4n) is 2.30. The van der Waals surface area contributed by atoms with Crippen LogP contribution >= 0.6 is 31.9 Å². The minimum atomic E-state index is 0.447. The molecule has 2 N–H and O–H groups in total. The number of rotatable bonds is 5. The number of benzene rings is 1. The lowest BCUT2D eigenvalue weighted by Gasteiger charge is -2.15. The van der Waals surface area contributed by atoms with Gasteiger partial charge in [-0.15, -0.1) is 0 Å². The van der Waals surface area contributed by atoms with E-state index in [0.29, 0.717) is 13.2 Å². The Balaban J connectivity index is 2.29. The molecule has 114 valence electrons. The molecule has 21 heavy (non-hydrogen) atoms. The molecule has 0 bridgehead atoms. The first kappa shape index (κ1) is 16.5. The van der Waals surface area contributed by atoms with Crippen molar-refractivity contribution in [1.29, 1.82) is 0 Å². The van der Waals surface area contributed by atoms with Crippen molar-refractivity contribution in [1.82, 2.24) is 9.78 Å². The van der Waals surface area contributed by atoms with E-state index in [9.17, 15) is 0 Å². The predicted molar refractivity (Wildman–Crippen MR) is 91.4 cm³/mol. The third kappa shape index (κ3) is 3.49. The highest BCUT2D eigenvalue weighted by Gasteiger charge is 2.14. The summed E-state index contributed by atoms with van der Waals surface area (Å²) < 4.78 is 10.0. The van der Waals surface area contributed by atoms with Crippen LogP contribution in [-0.4, -0.2) is 9.78 Å². The Labute approximate surface area is 141 Å². The van der Waals surface area contributed by atoms with Crippen LogP contribution in [0.15, 0.2) is 21.1 Å². The molecule has 2 aromatic rings. The number of aryl methyl sites for hydroxylation is 3. The van der Waals surface area contributed by atoms with Gasteiger partial charge in [-0.2, -0.15) is 5.10 Å². The van der Waals surface area contributed by atoms with E-state index in [0.717, 1.165) is 43.8 Å². The molecule has 0 aliphatic heterocycles. The Morgan fingerprint density at radius 1 is 1.29 bits per heavy atom. The minimum Gasteiger partial charge on any atom is -0.487 e. The summed E-state index contributed by atoms with van der Waals surface area (Å²) in [6.45, 7) is 7.80. The molecule has 0 amide bonds. The molecule has 0 atom stereocenters.